The van der Waals surface area contributed by atoms with Crippen molar-refractivity contribution >= 4 is 47.1 Å². The van der Waals surface area contributed by atoms with Crippen LogP contribution in [-0.4, -0.2) is 116 Å². The van der Waals surface area contributed by atoms with Gasteiger partial charge in [0, 0.05) is 36.2 Å². The van der Waals surface area contributed by atoms with Gasteiger partial charge in [0.1, 0.15) is 13.5 Å². The summed E-state index contributed by atoms with van der Waals surface area (Å²) in [6.45, 7) is 92.4. The van der Waals surface area contributed by atoms with Gasteiger partial charge in [-0.2, -0.15) is 0 Å². The van der Waals surface area contributed by atoms with Gasteiger partial charge in [-0.15, -0.1) is 0 Å². The molecule has 732 valence electrons. The largest absolute Gasteiger partial charge is 0.427 e. The molecule has 0 N–H and O–H groups in total. The predicted octanol–water partition coefficient (Wildman–Crippen LogP) is 29.1. The van der Waals surface area contributed by atoms with Crippen LogP contribution in [0.2, 0.25) is 0 Å². The first kappa shape index (κ1) is 129. The number of likely N-dealkylation sites (tertiary alicyclic amines) is 2. The lowest BCUT2D eigenvalue weighted by Crippen LogP contribution is -2.46. The van der Waals surface area contributed by atoms with Gasteiger partial charge in [0.15, 0.2) is 11.6 Å². The van der Waals surface area contributed by atoms with Gasteiger partial charge >= 0.3 is 11.9 Å². The molecule has 126 heavy (non-hydrogen) atoms. The molecule has 2 aliphatic heterocycles. The van der Waals surface area contributed by atoms with E-state index in [1.165, 1.54) is 55.2 Å². The number of aryl methyl sites for hydroxylation is 3. The Labute approximate surface area is 776 Å². The minimum atomic E-state index is -0.874. The molecule has 4 amide bonds. The number of amides is 4. The van der Waals surface area contributed by atoms with Crippen LogP contribution in [0.3, 0.4) is 0 Å². The first-order chi connectivity index (χ1) is 54.6. The number of ketones is 2. The standard InChI is InChI=1S/C29H40O2.C17H26N2O4.C17H32O4.C15H32O2.C15H24.C13H28O2.4CH4/c1-26(2,3)28(7,8)24(30)22-15-11-20(12-16-22)19-21-13-17-23(18-14-21)25(31)29(9,10)27(4,5)6;1-14(2)10(20)18(11(21)15(14,3)4)9-19-12(22)16(5,6)17(7,8)13(19)23;1-14(2,3)16(7,8)12(18)20-11-21-13(19)17(9,10)15(4,5)6;1-12(2,3)14(7,8)16-11-17-15(9,10)13(4,5)6;1-4-6-8-14-10-11-15(9-7-5-2)13(3)12-14;1-7-12(3,10-14-5)9-13(4,8-2)11-15-6;;;;/h11-18H,19H2,1-10H3;9H2,1-8H3;11H2,1-10H3;11H2,1-10H3;10-12H,4-9H2,1-3H3;7-11H2,1-6H3;4*1H4. The summed E-state index contributed by atoms with van der Waals surface area (Å²) >= 11 is 0. The van der Waals surface area contributed by atoms with Crippen molar-refractivity contribution in [2.24, 2.45) is 86.6 Å². The third kappa shape index (κ3) is 33.1. The fraction of sp³-hybridized carbons (Fsp3) is 0.764. The van der Waals surface area contributed by atoms with Crippen molar-refractivity contribution in [2.45, 2.75) is 417 Å². The Morgan fingerprint density at radius 1 is 0.357 bits per heavy atom. The second-order valence-corrected chi connectivity index (χ2v) is 47.2. The number of methoxy groups -OCH3 is 2. The number of benzene rings is 3. The molecule has 2 fully saturated rings. The van der Waals surface area contributed by atoms with Crippen molar-refractivity contribution in [3.05, 3.63) is 106 Å². The SMILES string of the molecule is C.C.C.C.CC(C)(C)C(C)(C)C(=O)OCOC(=O)C(C)(C)C(C)(C)C.CC(C)(C)C(C)(C)C(=O)c1ccc(Cc2ccc(C(=O)C(C)(C)C(C)(C)C)cc2)cc1.CC(C)(C)C(C)(C)OCOC(C)(C)C(C)(C)C.CC1(C)C(=O)N(CN2C(=O)C(C)(C)C(C)(C)C2=O)C(=O)C1(C)C.CCC(C)(COC)CC(C)(CC)COC.CCCCc1ccc(CCCC)c(C)c1. The summed E-state index contributed by atoms with van der Waals surface area (Å²) in [7, 11) is 3.57. The first-order valence-electron chi connectivity index (χ1n) is 45.3. The summed E-state index contributed by atoms with van der Waals surface area (Å²) in [6, 6.07) is 22.9. The number of ether oxygens (including phenoxy) is 6. The van der Waals surface area contributed by atoms with E-state index in [-0.39, 0.29) is 145 Å². The number of esters is 2. The van der Waals surface area contributed by atoms with Crippen LogP contribution in [0.25, 0.3) is 0 Å². The Morgan fingerprint density at radius 2 is 0.627 bits per heavy atom. The Hall–Kier alpha value is -5.94. The van der Waals surface area contributed by atoms with Gasteiger partial charge in [-0.05, 0) is 240 Å². The lowest BCUT2D eigenvalue weighted by Gasteiger charge is -2.42. The van der Waals surface area contributed by atoms with Gasteiger partial charge in [0.05, 0.1) is 56.9 Å². The second kappa shape index (κ2) is 48.5. The molecule has 0 saturated carbocycles. The molecule has 0 aliphatic carbocycles. The van der Waals surface area contributed by atoms with E-state index < -0.39 is 43.3 Å². The molecule has 2 aliphatic rings. The zero-order valence-corrected chi connectivity index (χ0v) is 87.1. The van der Waals surface area contributed by atoms with E-state index >= 15 is 0 Å². The Balaban J connectivity index is -0.000000471. The van der Waals surface area contributed by atoms with Gasteiger partial charge < -0.3 is 28.4 Å². The van der Waals surface area contributed by atoms with Crippen LogP contribution in [-0.2, 0) is 76.5 Å². The first-order valence-corrected chi connectivity index (χ1v) is 45.3. The highest BCUT2D eigenvalue weighted by molar-refractivity contribution is 6.12. The van der Waals surface area contributed by atoms with Crippen LogP contribution in [0.4, 0.5) is 0 Å². The molecule has 0 spiro atoms. The average molecular weight is 1770 g/mol. The second-order valence-electron chi connectivity index (χ2n) is 47.2. The number of carbonyl (C=O) groups excluding carboxylic acids is 8. The number of Topliss-reactive ketones (excluding diaryl/α,β-unsaturated/α-hetero) is 2. The van der Waals surface area contributed by atoms with E-state index in [0.29, 0.717) is 6.79 Å². The molecule has 2 atom stereocenters. The normalized spacial score (nSPS) is 16.3. The van der Waals surface area contributed by atoms with E-state index in [0.717, 1.165) is 71.0 Å². The molecule has 2 saturated heterocycles. The van der Waals surface area contributed by atoms with Crippen LogP contribution in [0.5, 0.6) is 0 Å². The van der Waals surface area contributed by atoms with Crippen molar-refractivity contribution in [3.63, 3.8) is 0 Å². The Morgan fingerprint density at radius 3 is 0.865 bits per heavy atom. The van der Waals surface area contributed by atoms with Crippen molar-refractivity contribution in [3.8, 4) is 0 Å². The molecule has 0 bridgehead atoms. The fourth-order valence-corrected chi connectivity index (χ4v) is 12.3. The monoisotopic (exact) mass is 1770 g/mol. The van der Waals surface area contributed by atoms with E-state index in [9.17, 15) is 38.4 Å². The third-order valence-electron chi connectivity index (χ3n) is 30.4. The number of hydrogen-bond acceptors (Lipinski definition) is 14. The maximum Gasteiger partial charge on any atom is 0.314 e. The fourth-order valence-electron chi connectivity index (χ4n) is 12.3. The lowest BCUT2D eigenvalue weighted by molar-refractivity contribution is -0.221. The van der Waals surface area contributed by atoms with Gasteiger partial charge in [-0.1, -0.05) is 303 Å². The summed E-state index contributed by atoms with van der Waals surface area (Å²) in [5, 5.41) is 0. The van der Waals surface area contributed by atoms with E-state index in [1.807, 2.05) is 145 Å². The predicted molar refractivity (Wildman–Crippen MR) is 533 cm³/mol. The minimum absolute atomic E-state index is 0. The van der Waals surface area contributed by atoms with Crippen LogP contribution < -0.4 is 0 Å². The molecular weight excluding hydrogens is 1570 g/mol. The van der Waals surface area contributed by atoms with Crippen LogP contribution in [0.1, 0.15) is 428 Å². The molecule has 3 aromatic carbocycles. The number of imide groups is 2. The maximum atomic E-state index is 13.0. The molecule has 0 radical (unpaired) electrons. The summed E-state index contributed by atoms with van der Waals surface area (Å²) in [5.74, 6) is -1.78. The zero-order valence-electron chi connectivity index (χ0n) is 87.1. The van der Waals surface area contributed by atoms with Gasteiger partial charge in [-0.3, -0.25) is 48.2 Å². The van der Waals surface area contributed by atoms with Gasteiger partial charge in [-0.25, -0.2) is 0 Å². The van der Waals surface area contributed by atoms with Gasteiger partial charge in [0.2, 0.25) is 30.4 Å². The highest BCUT2D eigenvalue weighted by atomic mass is 16.7. The number of rotatable bonds is 30. The van der Waals surface area contributed by atoms with Crippen molar-refractivity contribution in [1.29, 1.82) is 0 Å². The highest BCUT2D eigenvalue weighted by Gasteiger charge is 2.64. The average Bonchev–Trinajstić information content (AvgIpc) is 1.56. The molecule has 0 aromatic heterocycles. The van der Waals surface area contributed by atoms with E-state index in [1.54, 1.807) is 69.6 Å². The molecule has 16 heteroatoms. The van der Waals surface area contributed by atoms with E-state index in [2.05, 4.69) is 177 Å². The quantitative estimate of drug-likeness (QED) is 0.0264. The molecule has 5 rings (SSSR count). The maximum absolute atomic E-state index is 13.0. The smallest absolute Gasteiger partial charge is 0.314 e. The van der Waals surface area contributed by atoms with Crippen molar-refractivity contribution in [2.75, 3.05) is 47.7 Å². The third-order valence-corrected chi connectivity index (χ3v) is 30.4. The molecule has 2 heterocycles. The number of nitrogens with zero attached hydrogens (tertiary/aromatic N) is 2. The summed E-state index contributed by atoms with van der Waals surface area (Å²) in [6.07, 6.45) is 11.9. The highest BCUT2D eigenvalue weighted by Crippen LogP contribution is 2.52. The topological polar surface area (TPSA) is 198 Å². The minimum Gasteiger partial charge on any atom is -0.427 e. The van der Waals surface area contributed by atoms with Gasteiger partial charge in [0.25, 0.3) is 0 Å². The lowest BCUT2D eigenvalue weighted by atomic mass is 9.65. The van der Waals surface area contributed by atoms with Crippen LogP contribution in [0.15, 0.2) is 66.7 Å². The summed E-state index contributed by atoms with van der Waals surface area (Å²) < 4.78 is 32.7. The Kier molecular flexibility index (Phi) is 49.4. The summed E-state index contributed by atoms with van der Waals surface area (Å²) in [4.78, 5) is 103. The number of carbonyl (C=O) groups is 8. The molecule has 16 nitrogen and oxygen atoms in total. The number of unbranched alkanes of at least 4 members (excludes halogenated alkanes) is 2. The summed E-state index contributed by atoms with van der Waals surface area (Å²) in [5.41, 5.74) is 2.36. The Bertz CT molecular complexity index is 3600. The van der Waals surface area contributed by atoms with E-state index in [4.69, 9.17) is 28.4 Å². The van der Waals surface area contributed by atoms with Crippen LogP contribution >= 0.6 is 0 Å². The molecule has 2 unspecified atom stereocenters. The molecular formula is C110H198N2O14. The molecule has 3 aromatic rings. The van der Waals surface area contributed by atoms with Crippen LogP contribution in [0, 0.1) is 93.6 Å². The van der Waals surface area contributed by atoms with Crippen molar-refractivity contribution < 1.29 is 66.8 Å². The zero-order chi connectivity index (χ0) is 96.4. The number of hydrogen-bond donors (Lipinski definition) is 0. The van der Waals surface area contributed by atoms with Crippen molar-refractivity contribution in [1.82, 2.24) is 9.80 Å².